The van der Waals surface area contributed by atoms with E-state index in [-0.39, 0.29) is 6.61 Å². The van der Waals surface area contributed by atoms with Crippen LogP contribution in [0.5, 0.6) is 5.88 Å². The Balaban J connectivity index is 1.81. The minimum atomic E-state index is -0.0975. The molecule has 0 spiro atoms. The molecule has 1 fully saturated rings. The van der Waals surface area contributed by atoms with Gasteiger partial charge < -0.3 is 14.7 Å². The number of pyridine rings is 1. The van der Waals surface area contributed by atoms with Crippen molar-refractivity contribution >= 4 is 11.6 Å². The van der Waals surface area contributed by atoms with E-state index in [4.69, 9.17) is 21.4 Å². The van der Waals surface area contributed by atoms with E-state index < -0.39 is 0 Å². The highest BCUT2D eigenvalue weighted by Crippen LogP contribution is 2.25. The molecule has 1 aliphatic rings. The first-order chi connectivity index (χ1) is 8.20. The maximum atomic E-state index is 9.06. The van der Waals surface area contributed by atoms with Crippen molar-refractivity contribution in [3.63, 3.8) is 0 Å². The third-order valence-corrected chi connectivity index (χ3v) is 3.28. The third-order valence-electron chi connectivity index (χ3n) is 2.94. The van der Waals surface area contributed by atoms with Crippen LogP contribution in [0, 0.1) is 0 Å². The van der Waals surface area contributed by atoms with Gasteiger partial charge in [-0.15, -0.1) is 0 Å². The molecule has 0 saturated heterocycles. The molecule has 0 amide bonds. The Bertz CT molecular complexity index is 383. The first-order valence-electron chi connectivity index (χ1n) is 5.79. The molecule has 1 saturated carbocycles. The Morgan fingerprint density at radius 2 is 2.35 bits per heavy atom. The second-order valence-electron chi connectivity index (χ2n) is 4.33. The van der Waals surface area contributed by atoms with E-state index in [1.807, 2.05) is 0 Å². The minimum Gasteiger partial charge on any atom is -0.476 e. The van der Waals surface area contributed by atoms with Crippen LogP contribution in [0.2, 0.25) is 5.02 Å². The van der Waals surface area contributed by atoms with Crippen LogP contribution in [-0.4, -0.2) is 41.2 Å². The fourth-order valence-corrected chi connectivity index (χ4v) is 1.81. The Kier molecular flexibility index (Phi) is 4.20. The SMILES string of the molecule is CN(CCOc1cc(CO)c(Cl)cn1)C1CC1. The topological polar surface area (TPSA) is 45.6 Å². The smallest absolute Gasteiger partial charge is 0.213 e. The Morgan fingerprint density at radius 1 is 1.59 bits per heavy atom. The summed E-state index contributed by atoms with van der Waals surface area (Å²) in [5, 5.41) is 9.53. The minimum absolute atomic E-state index is 0.0975. The molecule has 4 nitrogen and oxygen atoms in total. The summed E-state index contributed by atoms with van der Waals surface area (Å²) >= 11 is 5.84. The second kappa shape index (κ2) is 5.67. The van der Waals surface area contributed by atoms with Crippen molar-refractivity contribution in [1.29, 1.82) is 0 Å². The average molecular weight is 257 g/mol. The van der Waals surface area contributed by atoms with Crippen LogP contribution in [0.3, 0.4) is 0 Å². The van der Waals surface area contributed by atoms with Crippen molar-refractivity contribution in [1.82, 2.24) is 9.88 Å². The standard InChI is InChI=1S/C12H17ClN2O2/c1-15(10-2-3-10)4-5-17-12-6-9(8-16)11(13)7-14-12/h6-7,10,16H,2-5,8H2,1H3. The molecule has 1 aliphatic carbocycles. The number of nitrogens with zero attached hydrogens (tertiary/aromatic N) is 2. The van der Waals surface area contributed by atoms with Gasteiger partial charge in [-0.05, 0) is 19.9 Å². The number of hydrogen-bond acceptors (Lipinski definition) is 4. The molecule has 2 rings (SSSR count). The molecule has 0 atom stereocenters. The van der Waals surface area contributed by atoms with Crippen molar-refractivity contribution in [3.05, 3.63) is 22.8 Å². The number of hydrogen-bond donors (Lipinski definition) is 1. The van der Waals surface area contributed by atoms with Crippen LogP contribution in [-0.2, 0) is 6.61 Å². The van der Waals surface area contributed by atoms with Gasteiger partial charge in [0.2, 0.25) is 5.88 Å². The predicted octanol–water partition coefficient (Wildman–Crippen LogP) is 1.70. The Hall–Kier alpha value is -0.840. The second-order valence-corrected chi connectivity index (χ2v) is 4.74. The Labute approximate surface area is 106 Å². The van der Waals surface area contributed by atoms with E-state index in [2.05, 4.69) is 16.9 Å². The third kappa shape index (κ3) is 3.56. The zero-order valence-corrected chi connectivity index (χ0v) is 10.7. The molecule has 1 N–H and O–H groups in total. The molecule has 0 bridgehead atoms. The van der Waals surface area contributed by atoms with Crippen LogP contribution in [0.15, 0.2) is 12.3 Å². The van der Waals surface area contributed by atoms with Crippen molar-refractivity contribution in [2.45, 2.75) is 25.5 Å². The lowest BCUT2D eigenvalue weighted by Gasteiger charge is -2.15. The fourth-order valence-electron chi connectivity index (χ4n) is 1.65. The highest BCUT2D eigenvalue weighted by molar-refractivity contribution is 6.31. The van der Waals surface area contributed by atoms with Gasteiger partial charge in [0.15, 0.2) is 0 Å². The number of rotatable bonds is 6. The van der Waals surface area contributed by atoms with Gasteiger partial charge in [0.25, 0.3) is 0 Å². The van der Waals surface area contributed by atoms with Crippen LogP contribution >= 0.6 is 11.6 Å². The van der Waals surface area contributed by atoms with Crippen molar-refractivity contribution in [2.24, 2.45) is 0 Å². The maximum absolute atomic E-state index is 9.06. The predicted molar refractivity (Wildman–Crippen MR) is 66.3 cm³/mol. The summed E-state index contributed by atoms with van der Waals surface area (Å²) in [6, 6.07) is 2.42. The van der Waals surface area contributed by atoms with Gasteiger partial charge >= 0.3 is 0 Å². The van der Waals surface area contributed by atoms with Crippen molar-refractivity contribution in [3.8, 4) is 5.88 Å². The maximum Gasteiger partial charge on any atom is 0.213 e. The van der Waals surface area contributed by atoms with E-state index in [0.717, 1.165) is 12.6 Å². The zero-order valence-electron chi connectivity index (χ0n) is 9.90. The van der Waals surface area contributed by atoms with Gasteiger partial charge in [-0.3, -0.25) is 0 Å². The van der Waals surface area contributed by atoms with Crippen LogP contribution < -0.4 is 4.74 Å². The average Bonchev–Trinajstić information content (AvgIpc) is 3.15. The van der Waals surface area contributed by atoms with E-state index in [1.165, 1.54) is 19.0 Å². The quantitative estimate of drug-likeness (QED) is 0.842. The van der Waals surface area contributed by atoms with Crippen LogP contribution in [0.25, 0.3) is 0 Å². The summed E-state index contributed by atoms with van der Waals surface area (Å²) in [7, 11) is 2.11. The highest BCUT2D eigenvalue weighted by atomic mass is 35.5. The van der Waals surface area contributed by atoms with Crippen molar-refractivity contribution < 1.29 is 9.84 Å². The highest BCUT2D eigenvalue weighted by Gasteiger charge is 2.25. The molecular formula is C12H17ClN2O2. The van der Waals surface area contributed by atoms with Crippen LogP contribution in [0.4, 0.5) is 0 Å². The van der Waals surface area contributed by atoms with E-state index in [1.54, 1.807) is 6.07 Å². The van der Waals surface area contributed by atoms with Gasteiger partial charge in [0.1, 0.15) is 6.61 Å². The summed E-state index contributed by atoms with van der Waals surface area (Å²) in [6.07, 6.45) is 4.10. The molecule has 1 aromatic heterocycles. The first-order valence-corrected chi connectivity index (χ1v) is 6.17. The van der Waals surface area contributed by atoms with E-state index >= 15 is 0 Å². The van der Waals surface area contributed by atoms with Gasteiger partial charge in [-0.2, -0.15) is 0 Å². The lowest BCUT2D eigenvalue weighted by molar-refractivity contribution is 0.225. The molecule has 0 radical (unpaired) electrons. The van der Waals surface area contributed by atoms with E-state index in [0.29, 0.717) is 23.1 Å². The van der Waals surface area contributed by atoms with Gasteiger partial charge in [0.05, 0.1) is 11.6 Å². The summed E-state index contributed by atoms with van der Waals surface area (Å²) < 4.78 is 5.53. The molecular weight excluding hydrogens is 240 g/mol. The first kappa shape index (κ1) is 12.6. The monoisotopic (exact) mass is 256 g/mol. The number of aromatic nitrogens is 1. The molecule has 94 valence electrons. The molecule has 1 aromatic rings. The van der Waals surface area contributed by atoms with Gasteiger partial charge in [-0.1, -0.05) is 11.6 Å². The number of aliphatic hydroxyl groups is 1. The lowest BCUT2D eigenvalue weighted by atomic mass is 10.3. The molecule has 5 heteroatoms. The van der Waals surface area contributed by atoms with Crippen molar-refractivity contribution in [2.75, 3.05) is 20.2 Å². The van der Waals surface area contributed by atoms with Gasteiger partial charge in [0, 0.05) is 30.4 Å². The van der Waals surface area contributed by atoms with Crippen LogP contribution in [0.1, 0.15) is 18.4 Å². The number of halogens is 1. The molecule has 1 heterocycles. The van der Waals surface area contributed by atoms with Gasteiger partial charge in [-0.25, -0.2) is 4.98 Å². The summed E-state index contributed by atoms with van der Waals surface area (Å²) in [5.41, 5.74) is 0.646. The molecule has 0 aromatic carbocycles. The number of aliphatic hydroxyl groups excluding tert-OH is 1. The molecule has 0 unspecified atom stereocenters. The zero-order chi connectivity index (χ0) is 12.3. The normalized spacial score (nSPS) is 15.3. The molecule has 0 aliphatic heterocycles. The van der Waals surface area contributed by atoms with E-state index in [9.17, 15) is 0 Å². The fraction of sp³-hybridized carbons (Fsp3) is 0.583. The number of ether oxygens (including phenoxy) is 1. The summed E-state index contributed by atoms with van der Waals surface area (Å²) in [4.78, 5) is 6.35. The number of likely N-dealkylation sites (N-methyl/N-ethyl adjacent to an activating group) is 1. The Morgan fingerprint density at radius 3 is 3.00 bits per heavy atom. The largest absolute Gasteiger partial charge is 0.476 e. The summed E-state index contributed by atoms with van der Waals surface area (Å²) in [6.45, 7) is 1.40. The lowest BCUT2D eigenvalue weighted by Crippen LogP contribution is -2.26. The molecule has 17 heavy (non-hydrogen) atoms. The summed E-state index contributed by atoms with van der Waals surface area (Å²) in [5.74, 6) is 0.516.